The fourth-order valence-corrected chi connectivity index (χ4v) is 5.50. The molecule has 1 amide bonds. The maximum Gasteiger partial charge on any atom is 0.254 e. The van der Waals surface area contributed by atoms with Crippen LogP contribution in [0.4, 0.5) is 5.82 Å². The van der Waals surface area contributed by atoms with Crippen LogP contribution >= 0.6 is 0 Å². The Bertz CT molecular complexity index is 1360. The van der Waals surface area contributed by atoms with Crippen LogP contribution in [0.3, 0.4) is 0 Å². The van der Waals surface area contributed by atoms with Gasteiger partial charge in [0.2, 0.25) is 10.0 Å². The van der Waals surface area contributed by atoms with Crippen molar-refractivity contribution in [2.75, 3.05) is 18.9 Å². The molecule has 0 saturated carbocycles. The Kier molecular flexibility index (Phi) is 6.57. The van der Waals surface area contributed by atoms with E-state index in [4.69, 9.17) is 10.5 Å². The molecule has 0 bridgehead atoms. The number of hydrogen-bond acceptors (Lipinski definition) is 6. The van der Waals surface area contributed by atoms with Crippen LogP contribution in [0.5, 0.6) is 5.75 Å². The van der Waals surface area contributed by atoms with Gasteiger partial charge in [0.05, 0.1) is 11.4 Å². The lowest BCUT2D eigenvalue weighted by Crippen LogP contribution is -2.40. The number of ether oxygens (including phenoxy) is 1. The molecule has 9 heteroatoms. The number of hydrogen-bond donors (Lipinski definition) is 2. The van der Waals surface area contributed by atoms with Gasteiger partial charge in [-0.1, -0.05) is 6.07 Å². The normalized spacial score (nSPS) is 14.1. The summed E-state index contributed by atoms with van der Waals surface area (Å²) in [6.07, 6.45) is 1.71. The number of benzene rings is 2. The summed E-state index contributed by atoms with van der Waals surface area (Å²) in [5, 5.41) is 0. The second-order valence-corrected chi connectivity index (χ2v) is 11.4. The number of nitrogens with two attached hydrogens (primary N) is 1. The zero-order chi connectivity index (χ0) is 25.4. The fourth-order valence-electron chi connectivity index (χ4n) is 4.00. The number of amides is 1. The van der Waals surface area contributed by atoms with Crippen LogP contribution in [0.2, 0.25) is 0 Å². The van der Waals surface area contributed by atoms with E-state index in [-0.39, 0.29) is 10.8 Å². The summed E-state index contributed by atoms with van der Waals surface area (Å²) in [5.41, 5.74) is 8.90. The van der Waals surface area contributed by atoms with Gasteiger partial charge in [-0.25, -0.2) is 18.1 Å². The van der Waals surface area contributed by atoms with E-state index in [1.807, 2.05) is 24.3 Å². The quantitative estimate of drug-likeness (QED) is 0.571. The number of pyridine rings is 1. The highest BCUT2D eigenvalue weighted by Gasteiger charge is 2.26. The van der Waals surface area contributed by atoms with Crippen molar-refractivity contribution in [1.29, 1.82) is 0 Å². The minimum atomic E-state index is -3.70. The SMILES string of the molecule is Cc1cc(S(=O)(=O)NC(C)(C)C)ccc1C(=O)N1CCOc2ccc(-c3ccc(N)nc3)cc2C1. The number of nitrogens with zero attached hydrogens (tertiary/aromatic N) is 2. The minimum absolute atomic E-state index is 0.132. The molecule has 2 heterocycles. The molecule has 35 heavy (non-hydrogen) atoms. The monoisotopic (exact) mass is 494 g/mol. The van der Waals surface area contributed by atoms with E-state index in [0.29, 0.717) is 36.6 Å². The average Bonchev–Trinajstić information content (AvgIpc) is 2.99. The predicted octanol–water partition coefficient (Wildman–Crippen LogP) is 3.75. The Labute approximate surface area is 206 Å². The van der Waals surface area contributed by atoms with Gasteiger partial charge >= 0.3 is 0 Å². The number of anilines is 1. The van der Waals surface area contributed by atoms with Crippen molar-refractivity contribution < 1.29 is 17.9 Å². The molecule has 1 aromatic heterocycles. The number of rotatable bonds is 4. The molecule has 184 valence electrons. The summed E-state index contributed by atoms with van der Waals surface area (Å²) in [6.45, 7) is 8.24. The van der Waals surface area contributed by atoms with Crippen molar-refractivity contribution in [2.45, 2.75) is 44.7 Å². The standard InChI is InChI=1S/C26H30N4O4S/c1-17-13-21(35(32,33)29-26(2,3)4)7-8-22(17)25(31)30-11-12-34-23-9-5-18(14-20(23)16-30)19-6-10-24(27)28-15-19/h5-10,13-15,29H,11-12,16H2,1-4H3,(H2,27,28). The molecule has 0 spiro atoms. The second kappa shape index (κ2) is 9.31. The Morgan fingerprint density at radius 3 is 2.49 bits per heavy atom. The average molecular weight is 495 g/mol. The molecular weight excluding hydrogens is 464 g/mol. The van der Waals surface area contributed by atoms with E-state index < -0.39 is 15.6 Å². The largest absolute Gasteiger partial charge is 0.491 e. The van der Waals surface area contributed by atoms with Gasteiger partial charge in [-0.3, -0.25) is 4.79 Å². The Morgan fingerprint density at radius 1 is 1.09 bits per heavy atom. The van der Waals surface area contributed by atoms with E-state index in [9.17, 15) is 13.2 Å². The summed E-state index contributed by atoms with van der Waals surface area (Å²) < 4.78 is 33.9. The van der Waals surface area contributed by atoms with Crippen molar-refractivity contribution in [3.05, 3.63) is 71.4 Å². The lowest BCUT2D eigenvalue weighted by Gasteiger charge is -2.22. The molecular formula is C26H30N4O4S. The van der Waals surface area contributed by atoms with E-state index in [0.717, 1.165) is 22.4 Å². The van der Waals surface area contributed by atoms with Crippen molar-refractivity contribution >= 4 is 21.7 Å². The zero-order valence-corrected chi connectivity index (χ0v) is 21.1. The highest BCUT2D eigenvalue weighted by Crippen LogP contribution is 2.30. The van der Waals surface area contributed by atoms with Gasteiger partial charge in [-0.15, -0.1) is 0 Å². The summed E-state index contributed by atoms with van der Waals surface area (Å²) in [5.74, 6) is 1.01. The topological polar surface area (TPSA) is 115 Å². The van der Waals surface area contributed by atoms with Crippen molar-refractivity contribution in [2.24, 2.45) is 0 Å². The Balaban J connectivity index is 1.59. The highest BCUT2D eigenvalue weighted by atomic mass is 32.2. The lowest BCUT2D eigenvalue weighted by atomic mass is 10.0. The zero-order valence-electron chi connectivity index (χ0n) is 20.3. The van der Waals surface area contributed by atoms with E-state index in [1.165, 1.54) is 12.1 Å². The summed E-state index contributed by atoms with van der Waals surface area (Å²) >= 11 is 0. The van der Waals surface area contributed by atoms with Crippen LogP contribution in [0.15, 0.2) is 59.6 Å². The van der Waals surface area contributed by atoms with Crippen LogP contribution in [0.25, 0.3) is 11.1 Å². The van der Waals surface area contributed by atoms with Gasteiger partial charge in [0.1, 0.15) is 18.2 Å². The van der Waals surface area contributed by atoms with Gasteiger partial charge in [-0.05, 0) is 81.3 Å². The summed E-state index contributed by atoms with van der Waals surface area (Å²) in [7, 11) is -3.70. The molecule has 0 fully saturated rings. The van der Waals surface area contributed by atoms with Gasteiger partial charge in [0.15, 0.2) is 0 Å². The number of aryl methyl sites for hydroxylation is 1. The van der Waals surface area contributed by atoms with Crippen LogP contribution in [0, 0.1) is 6.92 Å². The Morgan fingerprint density at radius 2 is 1.83 bits per heavy atom. The third kappa shape index (κ3) is 5.63. The minimum Gasteiger partial charge on any atom is -0.491 e. The molecule has 1 aliphatic rings. The summed E-state index contributed by atoms with van der Waals surface area (Å²) in [4.78, 5) is 19.5. The second-order valence-electron chi connectivity index (χ2n) is 9.70. The molecule has 0 radical (unpaired) electrons. The molecule has 3 aromatic rings. The van der Waals surface area contributed by atoms with Gasteiger partial charge in [0, 0.05) is 35.0 Å². The van der Waals surface area contributed by atoms with Crippen molar-refractivity contribution in [3.63, 3.8) is 0 Å². The van der Waals surface area contributed by atoms with Crippen LogP contribution in [-0.2, 0) is 16.6 Å². The highest BCUT2D eigenvalue weighted by molar-refractivity contribution is 7.89. The van der Waals surface area contributed by atoms with Crippen molar-refractivity contribution in [3.8, 4) is 16.9 Å². The first-order valence-corrected chi connectivity index (χ1v) is 12.8. The number of aromatic nitrogens is 1. The maximum atomic E-state index is 13.4. The number of carbonyl (C=O) groups excluding carboxylic acids is 1. The number of nitrogens with one attached hydrogen (secondary N) is 1. The summed E-state index contributed by atoms with van der Waals surface area (Å²) in [6, 6.07) is 14.1. The molecule has 3 N–H and O–H groups in total. The molecule has 0 aliphatic carbocycles. The first-order chi connectivity index (χ1) is 16.4. The third-order valence-electron chi connectivity index (χ3n) is 5.63. The number of sulfonamides is 1. The number of nitrogen functional groups attached to an aromatic ring is 1. The number of carbonyl (C=O) groups is 1. The lowest BCUT2D eigenvalue weighted by molar-refractivity contribution is 0.0732. The predicted molar refractivity (Wildman–Crippen MR) is 136 cm³/mol. The molecule has 2 aromatic carbocycles. The van der Waals surface area contributed by atoms with Crippen LogP contribution in [0.1, 0.15) is 42.3 Å². The Hall–Kier alpha value is -3.43. The molecule has 1 aliphatic heterocycles. The van der Waals surface area contributed by atoms with E-state index in [2.05, 4.69) is 9.71 Å². The van der Waals surface area contributed by atoms with Gasteiger partial charge in [-0.2, -0.15) is 0 Å². The van der Waals surface area contributed by atoms with Crippen LogP contribution < -0.4 is 15.2 Å². The number of fused-ring (bicyclic) bond motifs is 1. The molecule has 0 unspecified atom stereocenters. The molecule has 4 rings (SSSR count). The van der Waals surface area contributed by atoms with Crippen molar-refractivity contribution in [1.82, 2.24) is 14.6 Å². The third-order valence-corrected chi connectivity index (χ3v) is 7.38. The van der Waals surface area contributed by atoms with E-state index in [1.54, 1.807) is 50.9 Å². The van der Waals surface area contributed by atoms with Crippen LogP contribution in [-0.4, -0.2) is 42.9 Å². The first kappa shape index (κ1) is 24.7. The molecule has 8 nitrogen and oxygen atoms in total. The molecule has 0 atom stereocenters. The van der Waals surface area contributed by atoms with Gasteiger partial charge < -0.3 is 15.4 Å². The first-order valence-electron chi connectivity index (χ1n) is 11.3. The maximum absolute atomic E-state index is 13.4. The van der Waals surface area contributed by atoms with Gasteiger partial charge in [0.25, 0.3) is 5.91 Å². The smallest absolute Gasteiger partial charge is 0.254 e. The molecule has 0 saturated heterocycles. The fraction of sp³-hybridized carbons (Fsp3) is 0.308. The van der Waals surface area contributed by atoms with E-state index >= 15 is 0 Å².